The molecule has 0 aliphatic rings. The predicted molar refractivity (Wildman–Crippen MR) is 87.5 cm³/mol. The van der Waals surface area contributed by atoms with Crippen molar-refractivity contribution >= 4 is 38.4 Å². The number of para-hydroxylation sites is 1. The number of hydrazine groups is 1. The fourth-order valence-corrected chi connectivity index (χ4v) is 3.08. The molecule has 0 bridgehead atoms. The van der Waals surface area contributed by atoms with E-state index < -0.39 is 15.9 Å². The number of aromatic nitrogens is 1. The molecule has 8 heteroatoms. The molecule has 0 atom stereocenters. The molecule has 3 aromatic rings. The van der Waals surface area contributed by atoms with Crippen LogP contribution in [0.1, 0.15) is 10.4 Å². The molecule has 3 rings (SSSR count). The monoisotopic (exact) mass is 349 g/mol. The molecule has 0 aliphatic heterocycles. The third-order valence-electron chi connectivity index (χ3n) is 3.26. The van der Waals surface area contributed by atoms with Gasteiger partial charge in [-0.2, -0.15) is 0 Å². The first-order valence-corrected chi connectivity index (χ1v) is 8.47. The number of amides is 1. The standard InChI is InChI=1S/C15H12ClN3O3S/c16-10-5-7-11(8-6-10)23(21,22)19-18-15(20)13-9-17-14-4-2-1-3-12(13)14/h1-9,17,19H,(H,18,20). The quantitative estimate of drug-likeness (QED) is 0.632. The summed E-state index contributed by atoms with van der Waals surface area (Å²) in [4.78, 5) is 17.2. The number of aromatic amines is 1. The first kappa shape index (κ1) is 15.5. The second-order valence-corrected chi connectivity index (χ2v) is 6.88. The van der Waals surface area contributed by atoms with E-state index >= 15 is 0 Å². The zero-order chi connectivity index (χ0) is 16.4. The Labute approximate surface area is 137 Å². The summed E-state index contributed by atoms with van der Waals surface area (Å²) in [7, 11) is -3.87. The predicted octanol–water partition coefficient (Wildman–Crippen LogP) is 2.44. The Morgan fingerprint density at radius 3 is 2.48 bits per heavy atom. The first-order valence-electron chi connectivity index (χ1n) is 6.61. The highest BCUT2D eigenvalue weighted by Gasteiger charge is 2.17. The largest absolute Gasteiger partial charge is 0.360 e. The van der Waals surface area contributed by atoms with Crippen molar-refractivity contribution in [3.63, 3.8) is 0 Å². The molecule has 0 aliphatic carbocycles. The van der Waals surface area contributed by atoms with Crippen LogP contribution in [0.25, 0.3) is 10.9 Å². The van der Waals surface area contributed by atoms with Gasteiger partial charge in [-0.1, -0.05) is 29.8 Å². The van der Waals surface area contributed by atoms with Crippen molar-refractivity contribution in [2.24, 2.45) is 0 Å². The number of carbonyl (C=O) groups is 1. The van der Waals surface area contributed by atoms with E-state index in [0.717, 1.165) is 5.52 Å². The molecule has 1 heterocycles. The lowest BCUT2D eigenvalue weighted by molar-refractivity contribution is 0.0947. The zero-order valence-corrected chi connectivity index (χ0v) is 13.3. The van der Waals surface area contributed by atoms with Gasteiger partial charge >= 0.3 is 0 Å². The van der Waals surface area contributed by atoms with Crippen LogP contribution in [-0.4, -0.2) is 19.3 Å². The molecule has 2 aromatic carbocycles. The van der Waals surface area contributed by atoms with E-state index in [1.165, 1.54) is 30.5 Å². The topological polar surface area (TPSA) is 91.1 Å². The summed E-state index contributed by atoms with van der Waals surface area (Å²) in [5, 5.41) is 1.13. The molecule has 0 fully saturated rings. The Balaban J connectivity index is 1.77. The van der Waals surface area contributed by atoms with Gasteiger partial charge in [-0.3, -0.25) is 10.2 Å². The number of sulfonamides is 1. The Morgan fingerprint density at radius 2 is 1.74 bits per heavy atom. The van der Waals surface area contributed by atoms with Crippen LogP contribution < -0.4 is 10.3 Å². The Morgan fingerprint density at radius 1 is 1.04 bits per heavy atom. The number of hydrogen-bond acceptors (Lipinski definition) is 3. The van der Waals surface area contributed by atoms with Gasteiger partial charge in [0.1, 0.15) is 0 Å². The van der Waals surface area contributed by atoms with E-state index in [-0.39, 0.29) is 4.90 Å². The molecule has 1 aromatic heterocycles. The summed E-state index contributed by atoms with van der Waals surface area (Å²) >= 11 is 5.72. The normalized spacial score (nSPS) is 11.5. The minimum Gasteiger partial charge on any atom is -0.360 e. The molecular formula is C15H12ClN3O3S. The van der Waals surface area contributed by atoms with Gasteiger partial charge in [0.05, 0.1) is 10.5 Å². The number of H-pyrrole nitrogens is 1. The highest BCUT2D eigenvalue weighted by molar-refractivity contribution is 7.89. The molecule has 0 radical (unpaired) electrons. The highest BCUT2D eigenvalue weighted by atomic mass is 35.5. The van der Waals surface area contributed by atoms with Crippen LogP contribution in [0.5, 0.6) is 0 Å². The minimum absolute atomic E-state index is 0.00104. The summed E-state index contributed by atoms with van der Waals surface area (Å²) in [6.07, 6.45) is 1.52. The van der Waals surface area contributed by atoms with Crippen molar-refractivity contribution < 1.29 is 13.2 Å². The first-order chi connectivity index (χ1) is 11.0. The Bertz CT molecular complexity index is 965. The molecule has 0 saturated carbocycles. The lowest BCUT2D eigenvalue weighted by Crippen LogP contribution is -2.41. The summed E-state index contributed by atoms with van der Waals surface area (Å²) in [5.74, 6) is -0.556. The van der Waals surface area contributed by atoms with E-state index in [0.29, 0.717) is 16.0 Å². The average molecular weight is 350 g/mol. The van der Waals surface area contributed by atoms with Gasteiger partial charge in [-0.05, 0) is 30.3 Å². The third kappa shape index (κ3) is 3.21. The van der Waals surface area contributed by atoms with Crippen LogP contribution in [0.3, 0.4) is 0 Å². The maximum atomic E-state index is 12.2. The molecule has 23 heavy (non-hydrogen) atoms. The lowest BCUT2D eigenvalue weighted by atomic mass is 10.2. The maximum absolute atomic E-state index is 12.2. The van der Waals surface area contributed by atoms with Crippen molar-refractivity contribution in [1.29, 1.82) is 0 Å². The number of halogens is 1. The molecule has 3 N–H and O–H groups in total. The molecular weight excluding hydrogens is 338 g/mol. The third-order valence-corrected chi connectivity index (χ3v) is 4.77. The van der Waals surface area contributed by atoms with Crippen LogP contribution >= 0.6 is 11.6 Å². The molecule has 0 unspecified atom stereocenters. The summed E-state index contributed by atoms with van der Waals surface area (Å²) < 4.78 is 24.2. The summed E-state index contributed by atoms with van der Waals surface area (Å²) in [6.45, 7) is 0. The van der Waals surface area contributed by atoms with Gasteiger partial charge in [0.2, 0.25) is 0 Å². The molecule has 6 nitrogen and oxygen atoms in total. The second-order valence-electron chi connectivity index (χ2n) is 4.76. The number of carbonyl (C=O) groups excluding carboxylic acids is 1. The number of benzene rings is 2. The van der Waals surface area contributed by atoms with E-state index in [9.17, 15) is 13.2 Å². The average Bonchev–Trinajstić information content (AvgIpc) is 2.97. The van der Waals surface area contributed by atoms with E-state index in [4.69, 9.17) is 11.6 Å². The Hall–Kier alpha value is -2.35. The van der Waals surface area contributed by atoms with Crippen molar-refractivity contribution in [2.75, 3.05) is 0 Å². The fourth-order valence-electron chi connectivity index (χ4n) is 2.11. The zero-order valence-electron chi connectivity index (χ0n) is 11.7. The lowest BCUT2D eigenvalue weighted by Gasteiger charge is -2.08. The van der Waals surface area contributed by atoms with Crippen LogP contribution in [0, 0.1) is 0 Å². The molecule has 0 saturated heterocycles. The molecule has 1 amide bonds. The molecule has 118 valence electrons. The number of fused-ring (bicyclic) bond motifs is 1. The van der Waals surface area contributed by atoms with Gasteiger partial charge < -0.3 is 4.98 Å². The van der Waals surface area contributed by atoms with Crippen molar-refractivity contribution in [2.45, 2.75) is 4.90 Å². The second kappa shape index (κ2) is 6.04. The van der Waals surface area contributed by atoms with Crippen LogP contribution in [0.15, 0.2) is 59.6 Å². The number of hydrogen-bond donors (Lipinski definition) is 3. The fraction of sp³-hybridized carbons (Fsp3) is 0. The van der Waals surface area contributed by atoms with Gasteiger partial charge in [-0.25, -0.2) is 8.42 Å². The van der Waals surface area contributed by atoms with Gasteiger partial charge in [-0.15, -0.1) is 4.83 Å². The van der Waals surface area contributed by atoms with Crippen LogP contribution in [0.4, 0.5) is 0 Å². The van der Waals surface area contributed by atoms with Gasteiger partial charge in [0, 0.05) is 22.1 Å². The SMILES string of the molecule is O=C(NNS(=O)(=O)c1ccc(Cl)cc1)c1c[nH]c2ccccc12. The van der Waals surface area contributed by atoms with Crippen molar-refractivity contribution in [3.8, 4) is 0 Å². The number of rotatable bonds is 4. The minimum atomic E-state index is -3.87. The Kier molecular flexibility index (Phi) is 4.08. The highest BCUT2D eigenvalue weighted by Crippen LogP contribution is 2.17. The van der Waals surface area contributed by atoms with Gasteiger partial charge in [0.25, 0.3) is 15.9 Å². The smallest absolute Gasteiger partial charge is 0.268 e. The maximum Gasteiger partial charge on any atom is 0.268 e. The van der Waals surface area contributed by atoms with Crippen molar-refractivity contribution in [3.05, 3.63) is 65.3 Å². The van der Waals surface area contributed by atoms with Crippen molar-refractivity contribution in [1.82, 2.24) is 15.2 Å². The van der Waals surface area contributed by atoms with Gasteiger partial charge in [0.15, 0.2) is 0 Å². The van der Waals surface area contributed by atoms with E-state index in [1.807, 2.05) is 12.1 Å². The van der Waals surface area contributed by atoms with Crippen LogP contribution in [-0.2, 0) is 10.0 Å². The molecule has 0 spiro atoms. The summed E-state index contributed by atoms with van der Waals surface area (Å²) in [6, 6.07) is 12.8. The van der Waals surface area contributed by atoms with E-state index in [2.05, 4.69) is 15.2 Å². The van der Waals surface area contributed by atoms with Crippen LogP contribution in [0.2, 0.25) is 5.02 Å². The number of nitrogens with one attached hydrogen (secondary N) is 3. The summed E-state index contributed by atoms with van der Waals surface area (Å²) in [5.41, 5.74) is 3.34. The van der Waals surface area contributed by atoms with E-state index in [1.54, 1.807) is 12.1 Å².